The van der Waals surface area contributed by atoms with E-state index >= 15 is 0 Å². The zero-order valence-corrected chi connectivity index (χ0v) is 17.1. The number of benzene rings is 1. The topological polar surface area (TPSA) is 54.3 Å². The second-order valence-electron chi connectivity index (χ2n) is 8.33. The summed E-state index contributed by atoms with van der Waals surface area (Å²) in [5, 5.41) is 8.97. The number of carbonyl (C=O) groups is 1. The van der Waals surface area contributed by atoms with Crippen molar-refractivity contribution in [3.05, 3.63) is 47.0 Å². The SMILES string of the molecule is Cc1ccc(CC(=O)N2CCC(c3nnc(CN4CCCC4)n3C)CC2)cc1. The van der Waals surface area contributed by atoms with Crippen LogP contribution in [-0.2, 0) is 24.8 Å². The number of carbonyl (C=O) groups excluding carboxylic acids is 1. The first-order chi connectivity index (χ1) is 13.6. The maximum Gasteiger partial charge on any atom is 0.226 e. The van der Waals surface area contributed by atoms with Gasteiger partial charge in [-0.05, 0) is 51.3 Å². The summed E-state index contributed by atoms with van der Waals surface area (Å²) in [7, 11) is 2.09. The van der Waals surface area contributed by atoms with Gasteiger partial charge in [0.1, 0.15) is 11.6 Å². The Balaban J connectivity index is 1.32. The second kappa shape index (κ2) is 8.43. The van der Waals surface area contributed by atoms with Crippen LogP contribution in [0.15, 0.2) is 24.3 Å². The van der Waals surface area contributed by atoms with Gasteiger partial charge >= 0.3 is 0 Å². The quantitative estimate of drug-likeness (QED) is 0.799. The Morgan fingerprint density at radius 1 is 1.04 bits per heavy atom. The van der Waals surface area contributed by atoms with Gasteiger partial charge in [0.2, 0.25) is 5.91 Å². The first kappa shape index (κ1) is 19.1. The van der Waals surface area contributed by atoms with Crippen molar-refractivity contribution >= 4 is 5.91 Å². The fourth-order valence-corrected chi connectivity index (χ4v) is 4.39. The molecule has 1 aromatic carbocycles. The first-order valence-electron chi connectivity index (χ1n) is 10.5. The van der Waals surface area contributed by atoms with E-state index in [1.54, 1.807) is 0 Å². The van der Waals surface area contributed by atoms with Crippen molar-refractivity contribution in [3.63, 3.8) is 0 Å². The maximum atomic E-state index is 12.6. The highest BCUT2D eigenvalue weighted by molar-refractivity contribution is 5.78. The van der Waals surface area contributed by atoms with E-state index in [9.17, 15) is 4.79 Å². The van der Waals surface area contributed by atoms with Crippen molar-refractivity contribution < 1.29 is 4.79 Å². The van der Waals surface area contributed by atoms with Gasteiger partial charge in [0.05, 0.1) is 13.0 Å². The Morgan fingerprint density at radius 2 is 1.71 bits per heavy atom. The van der Waals surface area contributed by atoms with E-state index in [1.807, 2.05) is 4.90 Å². The van der Waals surface area contributed by atoms with Crippen LogP contribution >= 0.6 is 0 Å². The third-order valence-corrected chi connectivity index (χ3v) is 6.25. The fourth-order valence-electron chi connectivity index (χ4n) is 4.39. The van der Waals surface area contributed by atoms with E-state index in [-0.39, 0.29) is 5.91 Å². The number of amides is 1. The minimum atomic E-state index is 0.231. The summed E-state index contributed by atoms with van der Waals surface area (Å²) in [6.07, 6.45) is 5.01. The van der Waals surface area contributed by atoms with Gasteiger partial charge in [-0.1, -0.05) is 29.8 Å². The Bertz CT molecular complexity index is 799. The van der Waals surface area contributed by atoms with Crippen LogP contribution in [0.2, 0.25) is 0 Å². The molecule has 2 aromatic rings. The molecule has 0 atom stereocenters. The van der Waals surface area contributed by atoms with Gasteiger partial charge < -0.3 is 9.47 Å². The maximum absolute atomic E-state index is 12.6. The van der Waals surface area contributed by atoms with E-state index in [0.717, 1.165) is 49.7 Å². The Kier molecular flexibility index (Phi) is 5.76. The number of hydrogen-bond donors (Lipinski definition) is 0. The lowest BCUT2D eigenvalue weighted by molar-refractivity contribution is -0.131. The van der Waals surface area contributed by atoms with Crippen LogP contribution in [-0.4, -0.2) is 56.7 Å². The summed E-state index contributed by atoms with van der Waals surface area (Å²) < 4.78 is 2.19. The summed E-state index contributed by atoms with van der Waals surface area (Å²) in [5.74, 6) is 2.78. The number of hydrogen-bond acceptors (Lipinski definition) is 4. The van der Waals surface area contributed by atoms with Gasteiger partial charge in [0.15, 0.2) is 0 Å². The predicted molar refractivity (Wildman–Crippen MR) is 109 cm³/mol. The third kappa shape index (κ3) is 4.27. The van der Waals surface area contributed by atoms with Crippen molar-refractivity contribution in [2.24, 2.45) is 7.05 Å². The van der Waals surface area contributed by atoms with Gasteiger partial charge in [-0.25, -0.2) is 0 Å². The van der Waals surface area contributed by atoms with Crippen LogP contribution in [0.5, 0.6) is 0 Å². The lowest BCUT2D eigenvalue weighted by Gasteiger charge is -2.31. The number of piperidine rings is 1. The molecule has 3 heterocycles. The van der Waals surface area contributed by atoms with E-state index in [0.29, 0.717) is 12.3 Å². The van der Waals surface area contributed by atoms with Crippen LogP contribution in [0.25, 0.3) is 0 Å². The number of aromatic nitrogens is 3. The smallest absolute Gasteiger partial charge is 0.226 e. The van der Waals surface area contributed by atoms with Crippen LogP contribution < -0.4 is 0 Å². The summed E-state index contributed by atoms with van der Waals surface area (Å²) in [6.45, 7) is 6.93. The van der Waals surface area contributed by atoms with E-state index < -0.39 is 0 Å². The highest BCUT2D eigenvalue weighted by Crippen LogP contribution is 2.27. The molecular formula is C22H31N5O. The molecule has 0 radical (unpaired) electrons. The highest BCUT2D eigenvalue weighted by atomic mass is 16.2. The molecule has 2 fully saturated rings. The van der Waals surface area contributed by atoms with Crippen molar-refractivity contribution in [2.75, 3.05) is 26.2 Å². The molecule has 0 spiro atoms. The van der Waals surface area contributed by atoms with Crippen molar-refractivity contribution in [1.29, 1.82) is 0 Å². The molecule has 150 valence electrons. The average molecular weight is 382 g/mol. The van der Waals surface area contributed by atoms with Crippen LogP contribution in [0, 0.1) is 6.92 Å². The molecule has 4 rings (SSSR count). The Labute approximate surface area is 167 Å². The van der Waals surface area contributed by atoms with E-state index in [1.165, 1.54) is 31.5 Å². The molecule has 6 nitrogen and oxygen atoms in total. The minimum Gasteiger partial charge on any atom is -0.342 e. The summed E-state index contributed by atoms with van der Waals surface area (Å²) in [6, 6.07) is 8.26. The summed E-state index contributed by atoms with van der Waals surface area (Å²) >= 11 is 0. The molecule has 0 unspecified atom stereocenters. The minimum absolute atomic E-state index is 0.231. The normalized spacial score (nSPS) is 18.7. The molecule has 0 bridgehead atoms. The standard InChI is InChI=1S/C22H31N5O/c1-17-5-7-18(8-6-17)15-21(28)27-13-9-19(10-14-27)22-24-23-20(25(22)2)16-26-11-3-4-12-26/h5-8,19H,3-4,9-16H2,1-2H3. The molecular weight excluding hydrogens is 350 g/mol. The first-order valence-corrected chi connectivity index (χ1v) is 10.5. The number of nitrogens with zero attached hydrogens (tertiary/aromatic N) is 5. The van der Waals surface area contributed by atoms with Gasteiger partial charge in [-0.15, -0.1) is 10.2 Å². The average Bonchev–Trinajstić information content (AvgIpc) is 3.35. The summed E-state index contributed by atoms with van der Waals surface area (Å²) in [5.41, 5.74) is 2.32. The number of aryl methyl sites for hydroxylation is 1. The van der Waals surface area contributed by atoms with Crippen LogP contribution in [0.3, 0.4) is 0 Å². The molecule has 6 heteroatoms. The number of rotatable bonds is 5. The lowest BCUT2D eigenvalue weighted by Crippen LogP contribution is -2.39. The molecule has 2 aliphatic heterocycles. The largest absolute Gasteiger partial charge is 0.342 e. The van der Waals surface area contributed by atoms with Gasteiger partial charge in [-0.2, -0.15) is 0 Å². The second-order valence-corrected chi connectivity index (χ2v) is 8.33. The van der Waals surface area contributed by atoms with Crippen molar-refractivity contribution in [1.82, 2.24) is 24.6 Å². The molecule has 0 saturated carbocycles. The molecule has 28 heavy (non-hydrogen) atoms. The van der Waals surface area contributed by atoms with E-state index in [2.05, 4.69) is 57.9 Å². The molecule has 1 amide bonds. The molecule has 1 aromatic heterocycles. The molecule has 2 aliphatic rings. The highest BCUT2D eigenvalue weighted by Gasteiger charge is 2.27. The summed E-state index contributed by atoms with van der Waals surface area (Å²) in [4.78, 5) is 17.1. The van der Waals surface area contributed by atoms with Crippen LogP contribution in [0.1, 0.15) is 54.4 Å². The monoisotopic (exact) mass is 381 g/mol. The number of likely N-dealkylation sites (tertiary alicyclic amines) is 2. The van der Waals surface area contributed by atoms with Crippen LogP contribution in [0.4, 0.5) is 0 Å². The van der Waals surface area contributed by atoms with Crippen molar-refractivity contribution in [3.8, 4) is 0 Å². The third-order valence-electron chi connectivity index (χ3n) is 6.25. The Morgan fingerprint density at radius 3 is 2.39 bits per heavy atom. The molecule has 2 saturated heterocycles. The Hall–Kier alpha value is -2.21. The lowest BCUT2D eigenvalue weighted by atomic mass is 9.95. The van der Waals surface area contributed by atoms with Gasteiger partial charge in [0, 0.05) is 26.1 Å². The zero-order chi connectivity index (χ0) is 19.5. The van der Waals surface area contributed by atoms with Gasteiger partial charge in [0.25, 0.3) is 0 Å². The predicted octanol–water partition coefficient (Wildman–Crippen LogP) is 2.67. The van der Waals surface area contributed by atoms with E-state index in [4.69, 9.17) is 0 Å². The zero-order valence-electron chi connectivity index (χ0n) is 17.1. The van der Waals surface area contributed by atoms with Gasteiger partial charge in [-0.3, -0.25) is 9.69 Å². The fraction of sp³-hybridized carbons (Fsp3) is 0.591. The van der Waals surface area contributed by atoms with Crippen molar-refractivity contribution in [2.45, 2.75) is 51.5 Å². The molecule has 0 aliphatic carbocycles. The molecule has 0 N–H and O–H groups in total.